The van der Waals surface area contributed by atoms with Gasteiger partial charge in [0.2, 0.25) is 11.5 Å². The second kappa shape index (κ2) is 18.0. The Kier molecular flexibility index (Phi) is 14.9. The Labute approximate surface area is 258 Å². The Balaban J connectivity index is 2.18. The van der Waals surface area contributed by atoms with Gasteiger partial charge in [0.1, 0.15) is 6.10 Å². The molecule has 2 aromatic rings. The zero-order chi connectivity index (χ0) is 32.7. The van der Waals surface area contributed by atoms with Crippen LogP contribution in [0.1, 0.15) is 59.7 Å². The van der Waals surface area contributed by atoms with Gasteiger partial charge in [0, 0.05) is 6.42 Å². The van der Waals surface area contributed by atoms with E-state index in [0.717, 1.165) is 19.1 Å². The van der Waals surface area contributed by atoms with Gasteiger partial charge in [-0.05, 0) is 43.5 Å². The topological polar surface area (TPSA) is 151 Å². The van der Waals surface area contributed by atoms with Crippen molar-refractivity contribution in [3.05, 3.63) is 35.4 Å². The van der Waals surface area contributed by atoms with Crippen LogP contribution in [0.25, 0.3) is 0 Å². The average molecular weight is 643 g/mol. The van der Waals surface area contributed by atoms with Gasteiger partial charge in [-0.3, -0.25) is 4.18 Å². The minimum atomic E-state index is -3.70. The lowest BCUT2D eigenvalue weighted by molar-refractivity contribution is 0.0217. The summed E-state index contributed by atoms with van der Waals surface area (Å²) in [6.45, 7) is 2.23. The van der Waals surface area contributed by atoms with Gasteiger partial charge in [0.25, 0.3) is 10.1 Å². The number of hydrogen-bond acceptors (Lipinski definition) is 13. The average Bonchev–Trinajstić information content (AvgIpc) is 3.00. The van der Waals surface area contributed by atoms with Crippen molar-refractivity contribution < 1.29 is 60.1 Å². The lowest BCUT2D eigenvalue weighted by Gasteiger charge is -2.20. The first-order chi connectivity index (χ1) is 21.0. The van der Waals surface area contributed by atoms with Crippen molar-refractivity contribution in [1.29, 1.82) is 0 Å². The van der Waals surface area contributed by atoms with Crippen LogP contribution in [-0.4, -0.2) is 88.1 Å². The number of esters is 2. The molecule has 1 atom stereocenters. The largest absolute Gasteiger partial charge is 0.493 e. The standard InChI is InChI=1S/C30H42O13S/c1-8-9-13-41-29(31)20-16-25(37-4)28(39-6)26(19-20)40-14-10-11-22(12-15-42-44(7,33)34)43-30(32)21-17-23(35-2)27(38-5)24(18-21)36-3/h16-19,22H,8-15H2,1-7H3. The van der Waals surface area contributed by atoms with Crippen molar-refractivity contribution in [2.75, 3.05) is 61.6 Å². The molecule has 0 radical (unpaired) electrons. The smallest absolute Gasteiger partial charge is 0.338 e. The van der Waals surface area contributed by atoms with Gasteiger partial charge in [0.05, 0.1) is 72.8 Å². The summed E-state index contributed by atoms with van der Waals surface area (Å²) in [4.78, 5) is 25.7. The van der Waals surface area contributed by atoms with Crippen molar-refractivity contribution in [1.82, 2.24) is 0 Å². The van der Waals surface area contributed by atoms with Crippen LogP contribution in [-0.2, 0) is 23.8 Å². The Morgan fingerprint density at radius 1 is 0.682 bits per heavy atom. The van der Waals surface area contributed by atoms with Gasteiger partial charge < -0.3 is 37.9 Å². The quantitative estimate of drug-likeness (QED) is 0.114. The first-order valence-electron chi connectivity index (χ1n) is 13.9. The van der Waals surface area contributed by atoms with Crippen molar-refractivity contribution in [2.24, 2.45) is 0 Å². The maximum Gasteiger partial charge on any atom is 0.338 e. The lowest BCUT2D eigenvalue weighted by Crippen LogP contribution is -2.22. The number of unbranched alkanes of at least 4 members (excludes halogenated alkanes) is 1. The third-order valence-electron chi connectivity index (χ3n) is 6.25. The van der Waals surface area contributed by atoms with E-state index in [4.69, 9.17) is 42.1 Å². The predicted molar refractivity (Wildman–Crippen MR) is 160 cm³/mol. The summed E-state index contributed by atoms with van der Waals surface area (Å²) in [7, 11) is 3.49. The maximum atomic E-state index is 13.1. The highest BCUT2D eigenvalue weighted by Crippen LogP contribution is 2.40. The summed E-state index contributed by atoms with van der Waals surface area (Å²) in [6.07, 6.45) is 2.59. The molecule has 0 saturated carbocycles. The molecule has 0 amide bonds. The van der Waals surface area contributed by atoms with Gasteiger partial charge in [-0.25, -0.2) is 9.59 Å². The van der Waals surface area contributed by atoms with Crippen LogP contribution in [0, 0.1) is 0 Å². The van der Waals surface area contributed by atoms with E-state index in [2.05, 4.69) is 0 Å². The molecule has 246 valence electrons. The van der Waals surface area contributed by atoms with E-state index in [0.29, 0.717) is 36.7 Å². The highest BCUT2D eigenvalue weighted by molar-refractivity contribution is 7.85. The number of carbonyl (C=O) groups is 2. The molecule has 0 N–H and O–H groups in total. The molecular weight excluding hydrogens is 600 g/mol. The Morgan fingerprint density at radius 3 is 1.70 bits per heavy atom. The maximum absolute atomic E-state index is 13.1. The summed E-state index contributed by atoms with van der Waals surface area (Å²) in [5, 5.41) is 0. The Hall–Kier alpha value is -3.91. The van der Waals surface area contributed by atoms with Gasteiger partial charge in [-0.1, -0.05) is 13.3 Å². The number of carbonyl (C=O) groups excluding carboxylic acids is 2. The number of hydrogen-bond donors (Lipinski definition) is 0. The van der Waals surface area contributed by atoms with Gasteiger partial charge in [-0.2, -0.15) is 8.42 Å². The Bertz CT molecular complexity index is 1320. The molecular formula is C30H42O13S. The number of methoxy groups -OCH3 is 5. The fraction of sp³-hybridized carbons (Fsp3) is 0.533. The number of benzene rings is 2. The third-order valence-corrected chi connectivity index (χ3v) is 6.85. The minimum absolute atomic E-state index is 0.0967. The van der Waals surface area contributed by atoms with E-state index < -0.39 is 28.2 Å². The van der Waals surface area contributed by atoms with Crippen molar-refractivity contribution in [3.8, 4) is 34.5 Å². The number of rotatable bonds is 20. The molecule has 2 aromatic carbocycles. The van der Waals surface area contributed by atoms with E-state index >= 15 is 0 Å². The summed E-state index contributed by atoms with van der Waals surface area (Å²) < 4.78 is 71.6. The van der Waals surface area contributed by atoms with E-state index in [-0.39, 0.29) is 48.0 Å². The third kappa shape index (κ3) is 11.0. The molecule has 0 bridgehead atoms. The zero-order valence-corrected chi connectivity index (χ0v) is 27.1. The summed E-state index contributed by atoms with van der Waals surface area (Å²) in [5.41, 5.74) is 0.382. The van der Waals surface area contributed by atoms with Crippen LogP contribution in [0.4, 0.5) is 0 Å². The molecule has 0 spiro atoms. The van der Waals surface area contributed by atoms with Crippen LogP contribution in [0.5, 0.6) is 34.5 Å². The molecule has 0 heterocycles. The predicted octanol–water partition coefficient (Wildman–Crippen LogP) is 4.44. The van der Waals surface area contributed by atoms with Crippen LogP contribution in [0.3, 0.4) is 0 Å². The zero-order valence-electron chi connectivity index (χ0n) is 26.3. The lowest BCUT2D eigenvalue weighted by atomic mass is 10.1. The van der Waals surface area contributed by atoms with Gasteiger partial charge in [-0.15, -0.1) is 0 Å². The highest BCUT2D eigenvalue weighted by atomic mass is 32.2. The SMILES string of the molecule is CCCCOC(=O)c1cc(OC)c(OC)c(OCCCC(CCOS(C)(=O)=O)OC(=O)c2cc(OC)c(OC)c(OC)c2)c1. The Morgan fingerprint density at radius 2 is 1.20 bits per heavy atom. The van der Waals surface area contributed by atoms with Crippen LogP contribution >= 0.6 is 0 Å². The van der Waals surface area contributed by atoms with E-state index in [1.165, 1.54) is 59.8 Å². The van der Waals surface area contributed by atoms with Crippen molar-refractivity contribution >= 4 is 22.1 Å². The molecule has 2 rings (SSSR count). The first kappa shape index (κ1) is 36.3. The first-order valence-corrected chi connectivity index (χ1v) is 15.7. The van der Waals surface area contributed by atoms with Crippen LogP contribution in [0.2, 0.25) is 0 Å². The van der Waals surface area contributed by atoms with Crippen molar-refractivity contribution in [3.63, 3.8) is 0 Å². The normalized spacial score (nSPS) is 11.7. The monoisotopic (exact) mass is 642 g/mol. The molecule has 14 heteroatoms. The molecule has 0 aromatic heterocycles. The molecule has 44 heavy (non-hydrogen) atoms. The van der Waals surface area contributed by atoms with Gasteiger partial charge in [0.15, 0.2) is 23.0 Å². The van der Waals surface area contributed by atoms with Crippen molar-refractivity contribution in [2.45, 2.75) is 45.1 Å². The molecule has 0 fully saturated rings. The fourth-order valence-corrected chi connectivity index (χ4v) is 4.45. The summed E-state index contributed by atoms with van der Waals surface area (Å²) in [6, 6.07) is 5.94. The fourth-order valence-electron chi connectivity index (χ4n) is 4.05. The molecule has 0 aliphatic heterocycles. The highest BCUT2D eigenvalue weighted by Gasteiger charge is 2.23. The summed E-state index contributed by atoms with van der Waals surface area (Å²) >= 11 is 0. The van der Waals surface area contributed by atoms with Crippen LogP contribution < -0.4 is 28.4 Å². The van der Waals surface area contributed by atoms with E-state index in [9.17, 15) is 18.0 Å². The molecule has 0 aliphatic carbocycles. The molecule has 1 unspecified atom stereocenters. The van der Waals surface area contributed by atoms with Gasteiger partial charge >= 0.3 is 11.9 Å². The van der Waals surface area contributed by atoms with E-state index in [1.807, 2.05) is 6.92 Å². The minimum Gasteiger partial charge on any atom is -0.493 e. The summed E-state index contributed by atoms with van der Waals surface area (Å²) in [5.74, 6) is 0.499. The molecule has 0 aliphatic rings. The van der Waals surface area contributed by atoms with Crippen LogP contribution in [0.15, 0.2) is 24.3 Å². The molecule has 13 nitrogen and oxygen atoms in total. The second-order valence-electron chi connectivity index (χ2n) is 9.45. The number of ether oxygens (including phenoxy) is 8. The van der Waals surface area contributed by atoms with E-state index in [1.54, 1.807) is 0 Å². The second-order valence-corrected chi connectivity index (χ2v) is 11.1. The molecule has 0 saturated heterocycles.